The van der Waals surface area contributed by atoms with Crippen molar-refractivity contribution in [1.82, 2.24) is 9.80 Å². The van der Waals surface area contributed by atoms with Gasteiger partial charge in [-0.25, -0.2) is 0 Å². The van der Waals surface area contributed by atoms with Gasteiger partial charge < -0.3 is 15.5 Å². The summed E-state index contributed by atoms with van der Waals surface area (Å²) in [5, 5.41) is 0. The molecule has 6 nitrogen and oxygen atoms in total. The third-order valence-electron chi connectivity index (χ3n) is 5.23. The second-order valence-corrected chi connectivity index (χ2v) is 7.02. The number of nitrogens with zero attached hydrogens (tertiary/aromatic N) is 3. The Morgan fingerprint density at radius 2 is 1.67 bits per heavy atom. The zero-order valence-corrected chi connectivity index (χ0v) is 14.4. The number of primary amides is 1. The van der Waals surface area contributed by atoms with E-state index in [0.717, 1.165) is 50.3 Å². The summed E-state index contributed by atoms with van der Waals surface area (Å²) in [6.45, 7) is 3.35. The van der Waals surface area contributed by atoms with Crippen LogP contribution >= 0.6 is 0 Å². The summed E-state index contributed by atoms with van der Waals surface area (Å²) in [4.78, 5) is 30.0. The standard InChI is InChI=1S/C18H26N4O2/c1-20(2)15-5-3-14(4-6-15)18(24)22-11-16(12-22)21-9-7-13(8-10-21)17(19)23/h3-6,13,16H,7-12H2,1-2H3,(H2,19,23). The molecule has 2 fully saturated rings. The van der Waals surface area contributed by atoms with Crippen molar-refractivity contribution in [2.75, 3.05) is 45.2 Å². The number of carbonyl (C=O) groups excluding carboxylic acids is 2. The monoisotopic (exact) mass is 330 g/mol. The molecule has 0 saturated carbocycles. The molecule has 2 heterocycles. The van der Waals surface area contributed by atoms with Crippen LogP contribution in [0.1, 0.15) is 23.2 Å². The van der Waals surface area contributed by atoms with E-state index in [1.54, 1.807) is 0 Å². The Hall–Kier alpha value is -2.08. The first-order valence-corrected chi connectivity index (χ1v) is 8.55. The van der Waals surface area contributed by atoms with Crippen LogP contribution in [0.4, 0.5) is 5.69 Å². The molecular formula is C18H26N4O2. The number of hydrogen-bond donors (Lipinski definition) is 1. The number of carbonyl (C=O) groups is 2. The summed E-state index contributed by atoms with van der Waals surface area (Å²) in [6.07, 6.45) is 1.68. The summed E-state index contributed by atoms with van der Waals surface area (Å²) in [7, 11) is 3.97. The molecule has 2 amide bonds. The zero-order chi connectivity index (χ0) is 17.3. The second-order valence-electron chi connectivity index (χ2n) is 7.02. The van der Waals surface area contributed by atoms with Crippen molar-refractivity contribution in [1.29, 1.82) is 0 Å². The highest BCUT2D eigenvalue weighted by atomic mass is 16.2. The molecule has 0 aromatic heterocycles. The van der Waals surface area contributed by atoms with E-state index in [9.17, 15) is 9.59 Å². The Balaban J connectivity index is 1.49. The summed E-state index contributed by atoms with van der Waals surface area (Å²) < 4.78 is 0. The van der Waals surface area contributed by atoms with Crippen LogP contribution in [-0.4, -0.2) is 67.9 Å². The van der Waals surface area contributed by atoms with Crippen molar-refractivity contribution in [3.63, 3.8) is 0 Å². The summed E-state index contributed by atoms with van der Waals surface area (Å²) in [5.41, 5.74) is 7.21. The fraction of sp³-hybridized carbons (Fsp3) is 0.556. The number of amides is 2. The average molecular weight is 330 g/mol. The number of piperidine rings is 1. The molecular weight excluding hydrogens is 304 g/mol. The molecule has 0 aliphatic carbocycles. The van der Waals surface area contributed by atoms with Gasteiger partial charge in [-0.3, -0.25) is 14.5 Å². The lowest BCUT2D eigenvalue weighted by Gasteiger charge is -2.47. The van der Waals surface area contributed by atoms with E-state index < -0.39 is 0 Å². The minimum Gasteiger partial charge on any atom is -0.378 e. The van der Waals surface area contributed by atoms with Crippen LogP contribution in [0, 0.1) is 5.92 Å². The van der Waals surface area contributed by atoms with Crippen molar-refractivity contribution < 1.29 is 9.59 Å². The van der Waals surface area contributed by atoms with Gasteiger partial charge >= 0.3 is 0 Å². The van der Waals surface area contributed by atoms with Gasteiger partial charge in [0.15, 0.2) is 0 Å². The lowest BCUT2D eigenvalue weighted by Crippen LogP contribution is -2.62. The average Bonchev–Trinajstić information content (AvgIpc) is 2.54. The molecule has 1 aromatic carbocycles. The molecule has 2 aliphatic heterocycles. The molecule has 2 N–H and O–H groups in total. The van der Waals surface area contributed by atoms with E-state index >= 15 is 0 Å². The predicted octanol–water partition coefficient (Wildman–Crippen LogP) is 0.774. The Morgan fingerprint density at radius 3 is 2.17 bits per heavy atom. The molecule has 2 saturated heterocycles. The van der Waals surface area contributed by atoms with E-state index in [2.05, 4.69) is 4.90 Å². The molecule has 0 spiro atoms. The van der Waals surface area contributed by atoms with Gasteiger partial charge in [-0.1, -0.05) is 0 Å². The normalized spacial score (nSPS) is 19.8. The van der Waals surface area contributed by atoms with Crippen molar-refractivity contribution in [3.05, 3.63) is 29.8 Å². The first-order valence-electron chi connectivity index (χ1n) is 8.55. The van der Waals surface area contributed by atoms with Crippen molar-refractivity contribution >= 4 is 17.5 Å². The van der Waals surface area contributed by atoms with Crippen LogP contribution in [0.3, 0.4) is 0 Å². The van der Waals surface area contributed by atoms with Gasteiger partial charge in [-0.15, -0.1) is 0 Å². The van der Waals surface area contributed by atoms with Gasteiger partial charge in [0.2, 0.25) is 5.91 Å². The third-order valence-corrected chi connectivity index (χ3v) is 5.23. The van der Waals surface area contributed by atoms with Crippen molar-refractivity contribution in [2.24, 2.45) is 11.7 Å². The van der Waals surface area contributed by atoms with Gasteiger partial charge in [-0.05, 0) is 50.2 Å². The minimum absolute atomic E-state index is 0.0225. The highest BCUT2D eigenvalue weighted by Crippen LogP contribution is 2.24. The van der Waals surface area contributed by atoms with Gasteiger partial charge in [0, 0.05) is 50.4 Å². The molecule has 24 heavy (non-hydrogen) atoms. The number of rotatable bonds is 4. The largest absolute Gasteiger partial charge is 0.378 e. The Morgan fingerprint density at radius 1 is 1.08 bits per heavy atom. The fourth-order valence-corrected chi connectivity index (χ4v) is 3.49. The first-order chi connectivity index (χ1) is 11.5. The fourth-order valence-electron chi connectivity index (χ4n) is 3.49. The number of likely N-dealkylation sites (tertiary alicyclic amines) is 2. The molecule has 0 radical (unpaired) electrons. The molecule has 6 heteroatoms. The Kier molecular flexibility index (Phi) is 4.76. The number of anilines is 1. The molecule has 1 aromatic rings. The van der Waals surface area contributed by atoms with Gasteiger partial charge in [0.05, 0.1) is 0 Å². The van der Waals surface area contributed by atoms with Crippen LogP contribution < -0.4 is 10.6 Å². The van der Waals surface area contributed by atoms with Crippen LogP contribution in [-0.2, 0) is 4.79 Å². The highest BCUT2D eigenvalue weighted by molar-refractivity contribution is 5.95. The molecule has 3 rings (SSSR count). The summed E-state index contributed by atoms with van der Waals surface area (Å²) in [6, 6.07) is 8.15. The second kappa shape index (κ2) is 6.81. The lowest BCUT2D eigenvalue weighted by atomic mass is 9.93. The maximum absolute atomic E-state index is 12.5. The molecule has 2 aliphatic rings. The van der Waals surface area contributed by atoms with Crippen LogP contribution in [0.25, 0.3) is 0 Å². The molecule has 0 unspecified atom stereocenters. The Labute approximate surface area is 143 Å². The SMILES string of the molecule is CN(C)c1ccc(C(=O)N2CC(N3CCC(C(N)=O)CC3)C2)cc1. The van der Waals surface area contributed by atoms with Crippen molar-refractivity contribution in [2.45, 2.75) is 18.9 Å². The lowest BCUT2D eigenvalue weighted by molar-refractivity contribution is -0.123. The van der Waals surface area contributed by atoms with Crippen molar-refractivity contribution in [3.8, 4) is 0 Å². The quantitative estimate of drug-likeness (QED) is 0.885. The first kappa shape index (κ1) is 16.8. The van der Waals surface area contributed by atoms with Crippen LogP contribution in [0.2, 0.25) is 0 Å². The summed E-state index contributed by atoms with van der Waals surface area (Å²) >= 11 is 0. The highest BCUT2D eigenvalue weighted by Gasteiger charge is 2.37. The predicted molar refractivity (Wildman–Crippen MR) is 94.0 cm³/mol. The van der Waals surface area contributed by atoms with E-state index in [-0.39, 0.29) is 17.7 Å². The molecule has 0 bridgehead atoms. The van der Waals surface area contributed by atoms with Gasteiger partial charge in [0.1, 0.15) is 0 Å². The maximum Gasteiger partial charge on any atom is 0.253 e. The van der Waals surface area contributed by atoms with Gasteiger partial charge in [0.25, 0.3) is 5.91 Å². The van der Waals surface area contributed by atoms with Gasteiger partial charge in [-0.2, -0.15) is 0 Å². The van der Waals surface area contributed by atoms with E-state index in [1.165, 1.54) is 0 Å². The van der Waals surface area contributed by atoms with Crippen LogP contribution in [0.15, 0.2) is 24.3 Å². The van der Waals surface area contributed by atoms with Crippen LogP contribution in [0.5, 0.6) is 0 Å². The molecule has 130 valence electrons. The number of benzene rings is 1. The van der Waals surface area contributed by atoms with E-state index in [0.29, 0.717) is 6.04 Å². The summed E-state index contributed by atoms with van der Waals surface area (Å²) in [5.74, 6) is -0.0564. The Bertz CT molecular complexity index is 600. The zero-order valence-electron chi connectivity index (χ0n) is 14.4. The number of hydrogen-bond acceptors (Lipinski definition) is 4. The van der Waals surface area contributed by atoms with E-state index in [4.69, 9.17) is 5.73 Å². The molecule has 0 atom stereocenters. The van der Waals surface area contributed by atoms with E-state index in [1.807, 2.05) is 48.2 Å². The smallest absolute Gasteiger partial charge is 0.253 e. The topological polar surface area (TPSA) is 69.9 Å². The maximum atomic E-state index is 12.5. The number of nitrogens with two attached hydrogens (primary N) is 1. The minimum atomic E-state index is -0.179. The third kappa shape index (κ3) is 3.38.